The van der Waals surface area contributed by atoms with E-state index >= 15 is 0 Å². The summed E-state index contributed by atoms with van der Waals surface area (Å²) in [6.07, 6.45) is 14.9. The number of nitrogens with zero attached hydrogens (tertiary/aromatic N) is 2. The molecular formula is C32H55N3O3. The van der Waals surface area contributed by atoms with Crippen molar-refractivity contribution in [1.82, 2.24) is 4.90 Å². The number of aliphatic hydroxyl groups is 1. The van der Waals surface area contributed by atoms with Crippen molar-refractivity contribution in [2.24, 2.45) is 51.3 Å². The average Bonchev–Trinajstić information content (AvgIpc) is 3.53. The molecule has 0 aromatic rings. The van der Waals surface area contributed by atoms with Crippen LogP contribution in [0.25, 0.3) is 0 Å². The Morgan fingerprint density at radius 1 is 1.13 bits per heavy atom. The van der Waals surface area contributed by atoms with Gasteiger partial charge in [-0.05, 0) is 114 Å². The Kier molecular flexibility index (Phi) is 8.38. The number of allylic oxidation sites excluding steroid dienone is 2. The van der Waals surface area contributed by atoms with Crippen molar-refractivity contribution in [3.8, 4) is 0 Å². The van der Waals surface area contributed by atoms with E-state index in [-0.39, 0.29) is 16.9 Å². The number of rotatable bonds is 8. The Labute approximate surface area is 231 Å². The zero-order valence-corrected chi connectivity index (χ0v) is 24.8. The van der Waals surface area contributed by atoms with Gasteiger partial charge in [-0.2, -0.15) is 0 Å². The molecule has 38 heavy (non-hydrogen) atoms. The molecule has 6 nitrogen and oxygen atoms in total. The summed E-state index contributed by atoms with van der Waals surface area (Å²) >= 11 is 0. The van der Waals surface area contributed by atoms with Crippen molar-refractivity contribution in [2.45, 2.75) is 110 Å². The minimum absolute atomic E-state index is 0.152. The third-order valence-corrected chi connectivity index (χ3v) is 12.4. The van der Waals surface area contributed by atoms with Gasteiger partial charge in [0.1, 0.15) is 6.61 Å². The summed E-state index contributed by atoms with van der Waals surface area (Å²) in [7, 11) is 0. The van der Waals surface area contributed by atoms with E-state index in [2.05, 4.69) is 56.8 Å². The second kappa shape index (κ2) is 11.1. The van der Waals surface area contributed by atoms with Crippen LogP contribution < -0.4 is 5.73 Å². The van der Waals surface area contributed by atoms with Crippen molar-refractivity contribution in [3.05, 3.63) is 12.2 Å². The highest BCUT2D eigenvalue weighted by molar-refractivity contribution is 5.88. The molecular weight excluding hydrogens is 474 g/mol. The standard InChI is InChI=1S/C32H55N3O3/c1-6-9-25-23(3)28(34-38-19-16-33)20-24-10-11-27-26(31(24,25)5)12-14-30(4)29(13-15-32(27,30)36)37-21-22(2)35-17-7-8-18-35/h6,9,22-27,29,36H,7-8,10-21,33H2,1-5H3/t22?,23?,24?,25?,26-,27-,29?,30-,31-,32-/m1/s1. The molecule has 0 bridgehead atoms. The normalized spacial score (nSPS) is 47.2. The lowest BCUT2D eigenvalue weighted by Crippen LogP contribution is -2.65. The molecule has 5 unspecified atom stereocenters. The lowest BCUT2D eigenvalue weighted by molar-refractivity contribution is -0.223. The van der Waals surface area contributed by atoms with Crippen LogP contribution in [0.2, 0.25) is 0 Å². The topological polar surface area (TPSA) is 80.3 Å². The van der Waals surface area contributed by atoms with Gasteiger partial charge >= 0.3 is 0 Å². The lowest BCUT2D eigenvalue weighted by atomic mass is 9.40. The van der Waals surface area contributed by atoms with E-state index in [0.717, 1.165) is 45.1 Å². The maximum Gasteiger partial charge on any atom is 0.129 e. The number of hydrogen-bond acceptors (Lipinski definition) is 6. The molecule has 1 saturated heterocycles. The summed E-state index contributed by atoms with van der Waals surface area (Å²) in [5.74, 6) is 2.18. The van der Waals surface area contributed by atoms with Gasteiger partial charge in [0.25, 0.3) is 0 Å². The fourth-order valence-corrected chi connectivity index (χ4v) is 10.1. The highest BCUT2D eigenvalue weighted by Gasteiger charge is 2.69. The fraction of sp³-hybridized carbons (Fsp3) is 0.906. The summed E-state index contributed by atoms with van der Waals surface area (Å²) in [6.45, 7) is 15.9. The molecule has 0 aromatic carbocycles. The molecule has 6 heteroatoms. The molecule has 10 atom stereocenters. The summed E-state index contributed by atoms with van der Waals surface area (Å²) in [5, 5.41) is 17.2. The predicted molar refractivity (Wildman–Crippen MR) is 154 cm³/mol. The molecule has 4 saturated carbocycles. The van der Waals surface area contributed by atoms with Crippen molar-refractivity contribution in [3.63, 3.8) is 0 Å². The van der Waals surface area contributed by atoms with Crippen LogP contribution in [0, 0.1) is 40.4 Å². The first-order valence-electron chi connectivity index (χ1n) is 15.8. The van der Waals surface area contributed by atoms with Crippen molar-refractivity contribution < 1.29 is 14.7 Å². The van der Waals surface area contributed by atoms with Crippen molar-refractivity contribution >= 4 is 5.71 Å². The highest BCUT2D eigenvalue weighted by atomic mass is 16.6. The van der Waals surface area contributed by atoms with E-state index in [1.54, 1.807) is 0 Å². The van der Waals surface area contributed by atoms with Crippen LogP contribution in [0.5, 0.6) is 0 Å². The van der Waals surface area contributed by atoms with Crippen LogP contribution in [0.1, 0.15) is 92.4 Å². The van der Waals surface area contributed by atoms with Crippen LogP contribution in [0.3, 0.4) is 0 Å². The van der Waals surface area contributed by atoms with Gasteiger partial charge in [0.05, 0.1) is 24.0 Å². The molecule has 5 fully saturated rings. The summed E-state index contributed by atoms with van der Waals surface area (Å²) < 4.78 is 6.71. The van der Waals surface area contributed by atoms with Gasteiger partial charge in [-0.1, -0.05) is 38.1 Å². The number of likely N-dealkylation sites (tertiary alicyclic amines) is 1. The first kappa shape index (κ1) is 28.6. The van der Waals surface area contributed by atoms with Gasteiger partial charge in [0, 0.05) is 23.9 Å². The molecule has 5 rings (SSSR count). The van der Waals surface area contributed by atoms with E-state index in [0.29, 0.717) is 48.8 Å². The van der Waals surface area contributed by atoms with Gasteiger partial charge in [-0.3, -0.25) is 4.90 Å². The summed E-state index contributed by atoms with van der Waals surface area (Å²) in [5.41, 5.74) is 6.22. The Morgan fingerprint density at radius 2 is 1.89 bits per heavy atom. The monoisotopic (exact) mass is 529 g/mol. The smallest absolute Gasteiger partial charge is 0.129 e. The van der Waals surface area contributed by atoms with Gasteiger partial charge in [-0.25, -0.2) is 0 Å². The molecule has 0 amide bonds. The van der Waals surface area contributed by atoms with Crippen LogP contribution in [-0.2, 0) is 9.57 Å². The Hall–Kier alpha value is -0.950. The average molecular weight is 530 g/mol. The molecule has 1 heterocycles. The summed E-state index contributed by atoms with van der Waals surface area (Å²) in [4.78, 5) is 8.17. The van der Waals surface area contributed by atoms with Crippen molar-refractivity contribution in [2.75, 3.05) is 32.8 Å². The van der Waals surface area contributed by atoms with Crippen LogP contribution in [-0.4, -0.2) is 66.3 Å². The molecule has 5 aliphatic rings. The molecule has 0 radical (unpaired) electrons. The quantitative estimate of drug-likeness (QED) is 0.250. The van der Waals surface area contributed by atoms with E-state index in [1.807, 2.05) is 0 Å². The minimum atomic E-state index is -0.631. The highest BCUT2D eigenvalue weighted by Crippen LogP contribution is 2.69. The van der Waals surface area contributed by atoms with E-state index in [1.165, 1.54) is 38.1 Å². The lowest BCUT2D eigenvalue weighted by Gasteiger charge is -2.65. The zero-order valence-electron chi connectivity index (χ0n) is 24.8. The molecule has 1 aliphatic heterocycles. The zero-order chi connectivity index (χ0) is 27.1. The van der Waals surface area contributed by atoms with Gasteiger partial charge < -0.3 is 20.4 Å². The van der Waals surface area contributed by atoms with Gasteiger partial charge in [0.15, 0.2) is 0 Å². The van der Waals surface area contributed by atoms with Crippen molar-refractivity contribution in [1.29, 1.82) is 0 Å². The maximum absolute atomic E-state index is 12.6. The molecule has 216 valence electrons. The third-order valence-electron chi connectivity index (χ3n) is 12.4. The Morgan fingerprint density at radius 3 is 2.61 bits per heavy atom. The predicted octanol–water partition coefficient (Wildman–Crippen LogP) is 5.39. The second-order valence-electron chi connectivity index (χ2n) is 13.9. The SMILES string of the molecule is CC=CC1C(C)C(=NOCCN)CC2CC[C@@H]3[C@@H](CC[C@]4(C)C(OCC(C)N5CCCC5)CC[C@@]34O)[C@]21C. The van der Waals surface area contributed by atoms with E-state index in [9.17, 15) is 5.11 Å². The largest absolute Gasteiger partial charge is 0.394 e. The van der Waals surface area contributed by atoms with Crippen LogP contribution in [0.15, 0.2) is 17.3 Å². The Balaban J connectivity index is 1.36. The first-order valence-corrected chi connectivity index (χ1v) is 15.8. The van der Waals surface area contributed by atoms with Gasteiger partial charge in [0.2, 0.25) is 0 Å². The van der Waals surface area contributed by atoms with Crippen LogP contribution in [0.4, 0.5) is 0 Å². The fourth-order valence-electron chi connectivity index (χ4n) is 10.1. The third kappa shape index (κ3) is 4.50. The second-order valence-corrected chi connectivity index (χ2v) is 13.9. The van der Waals surface area contributed by atoms with E-state index < -0.39 is 5.60 Å². The molecule has 0 aromatic heterocycles. The number of fused-ring (bicyclic) bond motifs is 5. The maximum atomic E-state index is 12.6. The Bertz CT molecular complexity index is 887. The minimum Gasteiger partial charge on any atom is -0.394 e. The van der Waals surface area contributed by atoms with E-state index in [4.69, 9.17) is 15.3 Å². The van der Waals surface area contributed by atoms with Gasteiger partial charge in [-0.15, -0.1) is 0 Å². The number of ether oxygens (including phenoxy) is 1. The molecule has 4 aliphatic carbocycles. The summed E-state index contributed by atoms with van der Waals surface area (Å²) in [6, 6.07) is 0.468. The number of hydrogen-bond donors (Lipinski definition) is 2. The molecule has 3 N–H and O–H groups in total. The number of oxime groups is 1. The molecule has 0 spiro atoms. The van der Waals surface area contributed by atoms with Crippen LogP contribution >= 0.6 is 0 Å². The first-order chi connectivity index (χ1) is 18.2. The number of nitrogens with two attached hydrogens (primary N) is 1.